The lowest BCUT2D eigenvalue weighted by atomic mass is 10.1. The van der Waals surface area contributed by atoms with Crippen LogP contribution in [0.5, 0.6) is 0 Å². The lowest BCUT2D eigenvalue weighted by molar-refractivity contribution is 0.502. The Bertz CT molecular complexity index is 424. The Labute approximate surface area is 95.4 Å². The van der Waals surface area contributed by atoms with Gasteiger partial charge in [0, 0.05) is 12.1 Å². The molecule has 1 aromatic rings. The lowest BCUT2D eigenvalue weighted by Crippen LogP contribution is -2.41. The van der Waals surface area contributed by atoms with Gasteiger partial charge in [-0.25, -0.2) is 5.43 Å². The number of aliphatic hydroxyl groups excluding tert-OH is 1. The summed E-state index contributed by atoms with van der Waals surface area (Å²) < 4.78 is 0. The molecule has 3 rings (SSSR count). The van der Waals surface area contributed by atoms with Crippen LogP contribution in [-0.2, 0) is 0 Å². The van der Waals surface area contributed by atoms with Gasteiger partial charge in [-0.05, 0) is 37.0 Å². The van der Waals surface area contributed by atoms with Crippen molar-refractivity contribution in [2.24, 2.45) is 5.92 Å². The minimum Gasteiger partial charge on any atom is -0.508 e. The summed E-state index contributed by atoms with van der Waals surface area (Å²) in [7, 11) is 0. The van der Waals surface area contributed by atoms with Crippen LogP contribution in [0.2, 0.25) is 0 Å². The van der Waals surface area contributed by atoms with Crippen molar-refractivity contribution in [3.05, 3.63) is 35.9 Å². The molecule has 0 unspecified atom stereocenters. The van der Waals surface area contributed by atoms with Crippen molar-refractivity contribution in [1.29, 1.82) is 0 Å². The molecular formula is C13H16N2O. The van der Waals surface area contributed by atoms with Gasteiger partial charge in [0.25, 0.3) is 0 Å². The third kappa shape index (κ3) is 1.78. The summed E-state index contributed by atoms with van der Waals surface area (Å²) in [5, 5.41) is 11.9. The zero-order chi connectivity index (χ0) is 11.0. The van der Waals surface area contributed by atoms with Gasteiger partial charge in [-0.3, -0.25) is 0 Å². The molecule has 84 valence electrons. The molecule has 0 aromatic heterocycles. The van der Waals surface area contributed by atoms with Crippen molar-refractivity contribution < 1.29 is 5.11 Å². The standard InChI is InChI=1S/C13H16N2O/c16-13-7-8-15(14-9-10-5-6-10)12-4-2-1-3-11(12)13/h1-4,7,10,14,16H,5-6,8-9H2. The summed E-state index contributed by atoms with van der Waals surface area (Å²) >= 11 is 0. The first-order valence-corrected chi connectivity index (χ1v) is 5.84. The highest BCUT2D eigenvalue weighted by molar-refractivity contribution is 5.75. The van der Waals surface area contributed by atoms with E-state index in [0.717, 1.165) is 30.3 Å². The van der Waals surface area contributed by atoms with Gasteiger partial charge in [0.1, 0.15) is 5.76 Å². The molecule has 0 radical (unpaired) electrons. The van der Waals surface area contributed by atoms with E-state index < -0.39 is 0 Å². The van der Waals surface area contributed by atoms with E-state index in [2.05, 4.69) is 10.4 Å². The summed E-state index contributed by atoms with van der Waals surface area (Å²) in [6.45, 7) is 1.78. The number of hydrazine groups is 1. The molecule has 0 saturated heterocycles. The Balaban J connectivity index is 1.80. The second-order valence-electron chi connectivity index (χ2n) is 4.52. The van der Waals surface area contributed by atoms with Gasteiger partial charge < -0.3 is 10.1 Å². The van der Waals surface area contributed by atoms with Crippen LogP contribution in [0, 0.1) is 5.92 Å². The van der Waals surface area contributed by atoms with Gasteiger partial charge in [0.05, 0.1) is 12.2 Å². The number of benzene rings is 1. The average molecular weight is 216 g/mol. The molecule has 0 spiro atoms. The molecule has 1 fully saturated rings. The van der Waals surface area contributed by atoms with E-state index in [1.54, 1.807) is 0 Å². The largest absolute Gasteiger partial charge is 0.508 e. The van der Waals surface area contributed by atoms with Gasteiger partial charge in [0.2, 0.25) is 0 Å². The Morgan fingerprint density at radius 1 is 1.31 bits per heavy atom. The van der Waals surface area contributed by atoms with Crippen LogP contribution in [-0.4, -0.2) is 18.2 Å². The number of fused-ring (bicyclic) bond motifs is 1. The van der Waals surface area contributed by atoms with Gasteiger partial charge in [-0.2, -0.15) is 0 Å². The second-order valence-corrected chi connectivity index (χ2v) is 4.52. The van der Waals surface area contributed by atoms with E-state index in [-0.39, 0.29) is 0 Å². The third-order valence-electron chi connectivity index (χ3n) is 3.21. The number of hydrogen-bond donors (Lipinski definition) is 2. The minimum absolute atomic E-state index is 0.389. The fraction of sp³-hybridized carbons (Fsp3) is 0.385. The summed E-state index contributed by atoms with van der Waals surface area (Å²) in [5.74, 6) is 1.24. The number of hydrogen-bond acceptors (Lipinski definition) is 3. The molecule has 16 heavy (non-hydrogen) atoms. The quantitative estimate of drug-likeness (QED) is 0.814. The van der Waals surface area contributed by atoms with E-state index in [4.69, 9.17) is 0 Å². The summed E-state index contributed by atoms with van der Waals surface area (Å²) in [4.78, 5) is 0. The van der Waals surface area contributed by atoms with Gasteiger partial charge in [-0.15, -0.1) is 0 Å². The maximum atomic E-state index is 9.78. The number of rotatable bonds is 3. The molecule has 2 N–H and O–H groups in total. The van der Waals surface area contributed by atoms with Crippen LogP contribution in [0.15, 0.2) is 30.3 Å². The first-order chi connectivity index (χ1) is 7.84. The molecule has 1 saturated carbocycles. The Morgan fingerprint density at radius 3 is 2.94 bits per heavy atom. The zero-order valence-corrected chi connectivity index (χ0v) is 9.19. The van der Waals surface area contributed by atoms with Crippen molar-refractivity contribution in [2.75, 3.05) is 18.1 Å². The summed E-state index contributed by atoms with van der Waals surface area (Å²) in [5.41, 5.74) is 5.42. The predicted octanol–water partition coefficient (Wildman–Crippen LogP) is 2.32. The van der Waals surface area contributed by atoms with Gasteiger partial charge in [0.15, 0.2) is 0 Å². The van der Waals surface area contributed by atoms with E-state index in [9.17, 15) is 5.11 Å². The second kappa shape index (κ2) is 3.83. The molecule has 0 atom stereocenters. The number of nitrogens with zero attached hydrogens (tertiary/aromatic N) is 1. The Morgan fingerprint density at radius 2 is 2.12 bits per heavy atom. The normalized spacial score (nSPS) is 19.2. The van der Waals surface area contributed by atoms with E-state index in [0.29, 0.717) is 5.76 Å². The highest BCUT2D eigenvalue weighted by Crippen LogP contribution is 2.30. The van der Waals surface area contributed by atoms with Gasteiger partial charge >= 0.3 is 0 Å². The topological polar surface area (TPSA) is 35.5 Å². The maximum Gasteiger partial charge on any atom is 0.122 e. The van der Waals surface area contributed by atoms with Gasteiger partial charge in [-0.1, -0.05) is 12.1 Å². The highest BCUT2D eigenvalue weighted by Gasteiger charge is 2.23. The molecule has 2 aliphatic rings. The van der Waals surface area contributed by atoms with E-state index in [1.807, 2.05) is 30.3 Å². The number of anilines is 1. The van der Waals surface area contributed by atoms with Crippen molar-refractivity contribution >= 4 is 11.4 Å². The predicted molar refractivity (Wildman–Crippen MR) is 65.1 cm³/mol. The van der Waals surface area contributed by atoms with Crippen molar-refractivity contribution in [3.63, 3.8) is 0 Å². The summed E-state index contributed by atoms with van der Waals surface area (Å²) in [6, 6.07) is 7.95. The van der Waals surface area contributed by atoms with Crippen LogP contribution in [0.25, 0.3) is 5.76 Å². The number of para-hydroxylation sites is 1. The molecular weight excluding hydrogens is 200 g/mol. The third-order valence-corrected chi connectivity index (χ3v) is 3.21. The maximum absolute atomic E-state index is 9.78. The Kier molecular flexibility index (Phi) is 2.33. The number of aliphatic hydroxyl groups is 1. The van der Waals surface area contributed by atoms with Crippen LogP contribution in [0.3, 0.4) is 0 Å². The van der Waals surface area contributed by atoms with Crippen molar-refractivity contribution in [1.82, 2.24) is 5.43 Å². The van der Waals surface area contributed by atoms with Crippen LogP contribution >= 0.6 is 0 Å². The van der Waals surface area contributed by atoms with E-state index in [1.165, 1.54) is 12.8 Å². The minimum atomic E-state index is 0.389. The van der Waals surface area contributed by atoms with Crippen LogP contribution < -0.4 is 10.4 Å². The molecule has 3 nitrogen and oxygen atoms in total. The smallest absolute Gasteiger partial charge is 0.122 e. The van der Waals surface area contributed by atoms with E-state index >= 15 is 0 Å². The number of nitrogens with one attached hydrogen (secondary N) is 1. The fourth-order valence-corrected chi connectivity index (χ4v) is 2.02. The lowest BCUT2D eigenvalue weighted by Gasteiger charge is -2.29. The average Bonchev–Trinajstić information content (AvgIpc) is 3.13. The van der Waals surface area contributed by atoms with Crippen LogP contribution in [0.1, 0.15) is 18.4 Å². The summed E-state index contributed by atoms with van der Waals surface area (Å²) in [6.07, 6.45) is 4.55. The van der Waals surface area contributed by atoms with Crippen molar-refractivity contribution in [2.45, 2.75) is 12.8 Å². The SMILES string of the molecule is OC1=CCN(NCC2CC2)c2ccccc21. The molecule has 1 aromatic carbocycles. The first-order valence-electron chi connectivity index (χ1n) is 5.84. The molecule has 1 aliphatic carbocycles. The molecule has 1 aliphatic heterocycles. The molecule has 0 amide bonds. The molecule has 3 heteroatoms. The monoisotopic (exact) mass is 216 g/mol. The molecule has 0 bridgehead atoms. The highest BCUT2D eigenvalue weighted by atomic mass is 16.3. The molecule has 1 heterocycles. The van der Waals surface area contributed by atoms with Crippen LogP contribution in [0.4, 0.5) is 5.69 Å². The first kappa shape index (κ1) is 9.73. The zero-order valence-electron chi connectivity index (χ0n) is 9.19. The fourth-order valence-electron chi connectivity index (χ4n) is 2.02. The Hall–Kier alpha value is -1.48. The van der Waals surface area contributed by atoms with Crippen molar-refractivity contribution in [3.8, 4) is 0 Å².